The van der Waals surface area contributed by atoms with Crippen molar-refractivity contribution >= 4 is 29.8 Å². The minimum Gasteiger partial charge on any atom is -0.480 e. The maximum Gasteiger partial charge on any atom is 0.471 e. The van der Waals surface area contributed by atoms with Gasteiger partial charge in [-0.15, -0.1) is 0 Å². The number of carboxylic acids is 1. The number of aliphatic carboxylic acids is 1. The summed E-state index contributed by atoms with van der Waals surface area (Å²) in [5, 5.41) is 16.6. The molecule has 36 heavy (non-hydrogen) atoms. The molecule has 11 nitrogen and oxygen atoms in total. The van der Waals surface area contributed by atoms with Crippen LogP contribution in [0.25, 0.3) is 0 Å². The number of rotatable bonds is 12. The number of hydrogen-bond donors (Lipinski definition) is 5. The number of hydrogen-bond acceptors (Lipinski definition) is 6. The predicted octanol–water partition coefficient (Wildman–Crippen LogP) is 1.37. The van der Waals surface area contributed by atoms with E-state index in [1.165, 1.54) is 26.1 Å². The van der Waals surface area contributed by atoms with Crippen molar-refractivity contribution in [2.24, 2.45) is 0 Å². The quantitative estimate of drug-likeness (QED) is 0.185. The smallest absolute Gasteiger partial charge is 0.471 e. The molecular weight excluding hydrogens is 510 g/mol. The molecule has 0 rings (SSSR count). The van der Waals surface area contributed by atoms with E-state index in [0.717, 1.165) is 0 Å². The Labute approximate surface area is 201 Å². The van der Waals surface area contributed by atoms with E-state index < -0.39 is 79.3 Å². The van der Waals surface area contributed by atoms with Crippen molar-refractivity contribution in [1.29, 1.82) is 0 Å². The summed E-state index contributed by atoms with van der Waals surface area (Å²) in [6.45, 7) is 3.45. The predicted molar refractivity (Wildman–Crippen MR) is 109 cm³/mol. The van der Waals surface area contributed by atoms with Crippen LogP contribution in [-0.2, 0) is 23.9 Å². The highest BCUT2D eigenvalue weighted by atomic mass is 19.4. The lowest BCUT2D eigenvalue weighted by atomic mass is 10.1. The first-order chi connectivity index (χ1) is 16.2. The highest BCUT2D eigenvalue weighted by molar-refractivity contribution is 5.89. The van der Waals surface area contributed by atoms with Gasteiger partial charge in [0.05, 0.1) is 0 Å². The Hall–Kier alpha value is -3.27. The molecule has 0 fully saturated rings. The standard InChI is InChI=1S/C19H28F6N4O7/c1-17(2,3)36-16(35)29-10(6-4-8-26-14(33)18(20,21)22)12(30)28-11(13(31)32)7-5-9-27-15(34)19(23,24)25/h10-11H,4-9H2,1-3H3,(H,26,33)(H,27,34)(H,28,30)(H,29,35)(H,31,32). The summed E-state index contributed by atoms with van der Waals surface area (Å²) in [5.74, 6) is -7.08. The van der Waals surface area contributed by atoms with E-state index in [9.17, 15) is 55.4 Å². The lowest BCUT2D eigenvalue weighted by Gasteiger charge is -2.24. The molecule has 0 aliphatic rings. The van der Waals surface area contributed by atoms with Gasteiger partial charge in [0, 0.05) is 13.1 Å². The van der Waals surface area contributed by atoms with Gasteiger partial charge in [0.2, 0.25) is 5.91 Å². The monoisotopic (exact) mass is 538 g/mol. The Kier molecular flexibility index (Phi) is 12.5. The first-order valence-corrected chi connectivity index (χ1v) is 10.5. The van der Waals surface area contributed by atoms with E-state index >= 15 is 0 Å². The molecule has 0 radical (unpaired) electrons. The summed E-state index contributed by atoms with van der Waals surface area (Å²) in [6.07, 6.45) is -12.6. The molecule has 0 bridgehead atoms. The topological polar surface area (TPSA) is 163 Å². The van der Waals surface area contributed by atoms with Gasteiger partial charge in [-0.2, -0.15) is 26.3 Å². The van der Waals surface area contributed by atoms with E-state index in [1.54, 1.807) is 5.32 Å². The maximum atomic E-state index is 12.6. The molecule has 0 aliphatic carbocycles. The average Bonchev–Trinajstić information content (AvgIpc) is 2.68. The van der Waals surface area contributed by atoms with Crippen molar-refractivity contribution in [3.05, 3.63) is 0 Å². The van der Waals surface area contributed by atoms with E-state index in [-0.39, 0.29) is 19.3 Å². The number of amides is 4. The maximum absolute atomic E-state index is 12.6. The van der Waals surface area contributed by atoms with Gasteiger partial charge in [-0.3, -0.25) is 14.4 Å². The molecule has 17 heteroatoms. The molecule has 0 saturated heterocycles. The molecule has 5 N–H and O–H groups in total. The third-order valence-corrected chi connectivity index (χ3v) is 4.05. The van der Waals surface area contributed by atoms with Crippen molar-refractivity contribution in [3.8, 4) is 0 Å². The zero-order valence-corrected chi connectivity index (χ0v) is 19.6. The molecular formula is C19H28F6N4O7. The number of carbonyl (C=O) groups is 5. The zero-order valence-electron chi connectivity index (χ0n) is 19.6. The molecule has 0 saturated carbocycles. The van der Waals surface area contributed by atoms with Gasteiger partial charge in [0.25, 0.3) is 0 Å². The van der Waals surface area contributed by atoms with E-state index in [1.807, 2.05) is 0 Å². The summed E-state index contributed by atoms with van der Waals surface area (Å²) in [5.41, 5.74) is -0.990. The van der Waals surface area contributed by atoms with Gasteiger partial charge < -0.3 is 31.1 Å². The summed E-state index contributed by atoms with van der Waals surface area (Å²) in [7, 11) is 0. The van der Waals surface area contributed by atoms with Crippen LogP contribution in [0.3, 0.4) is 0 Å². The van der Waals surface area contributed by atoms with Gasteiger partial charge in [0.1, 0.15) is 17.7 Å². The van der Waals surface area contributed by atoms with Gasteiger partial charge in [-0.1, -0.05) is 0 Å². The average molecular weight is 538 g/mol. The SMILES string of the molecule is CC(C)(C)OC(=O)NC(CCCNC(=O)C(F)(F)F)C(=O)NC(CCCNC(=O)C(F)(F)F)C(=O)O. The highest BCUT2D eigenvalue weighted by Crippen LogP contribution is 2.15. The van der Waals surface area contributed by atoms with Crippen molar-refractivity contribution in [3.63, 3.8) is 0 Å². The fourth-order valence-electron chi connectivity index (χ4n) is 2.46. The largest absolute Gasteiger partial charge is 0.480 e. The molecule has 0 spiro atoms. The van der Waals surface area contributed by atoms with Gasteiger partial charge in [-0.05, 0) is 46.5 Å². The molecule has 0 aromatic carbocycles. The fraction of sp³-hybridized carbons (Fsp3) is 0.737. The second-order valence-electron chi connectivity index (χ2n) is 8.39. The summed E-state index contributed by atoms with van der Waals surface area (Å²) >= 11 is 0. The van der Waals surface area contributed by atoms with Gasteiger partial charge >= 0.3 is 36.2 Å². The minimum atomic E-state index is -5.13. The Morgan fingerprint density at radius 3 is 1.53 bits per heavy atom. The van der Waals surface area contributed by atoms with E-state index in [4.69, 9.17) is 4.74 Å². The highest BCUT2D eigenvalue weighted by Gasteiger charge is 2.39. The number of carbonyl (C=O) groups excluding carboxylic acids is 4. The van der Waals surface area contributed by atoms with Crippen molar-refractivity contribution in [2.75, 3.05) is 13.1 Å². The first kappa shape index (κ1) is 32.7. The molecule has 208 valence electrons. The fourth-order valence-corrected chi connectivity index (χ4v) is 2.46. The molecule has 0 aliphatic heterocycles. The molecule has 2 unspecified atom stereocenters. The molecule has 0 aromatic heterocycles. The van der Waals surface area contributed by atoms with Crippen LogP contribution in [0.5, 0.6) is 0 Å². The number of ether oxygens (including phenoxy) is 1. The number of alkyl halides is 6. The Morgan fingerprint density at radius 2 is 1.17 bits per heavy atom. The van der Waals surface area contributed by atoms with Crippen LogP contribution in [0, 0.1) is 0 Å². The van der Waals surface area contributed by atoms with Crippen LogP contribution >= 0.6 is 0 Å². The van der Waals surface area contributed by atoms with Gasteiger partial charge in [-0.25, -0.2) is 9.59 Å². The molecule has 0 aromatic rings. The molecule has 4 amide bonds. The normalized spacial score (nSPS) is 13.7. The van der Waals surface area contributed by atoms with Crippen LogP contribution in [0.1, 0.15) is 46.5 Å². The Morgan fingerprint density at radius 1 is 0.750 bits per heavy atom. The van der Waals surface area contributed by atoms with Crippen LogP contribution in [0.15, 0.2) is 0 Å². The third-order valence-electron chi connectivity index (χ3n) is 4.05. The number of alkyl carbamates (subject to hydrolysis) is 1. The Balaban J connectivity index is 5.12. The van der Waals surface area contributed by atoms with Crippen molar-refractivity contribution < 1.29 is 60.2 Å². The van der Waals surface area contributed by atoms with E-state index in [0.29, 0.717) is 0 Å². The summed E-state index contributed by atoms with van der Waals surface area (Å²) < 4.78 is 78.3. The summed E-state index contributed by atoms with van der Waals surface area (Å²) in [6, 6.07) is -3.12. The lowest BCUT2D eigenvalue weighted by Crippen LogP contribution is -2.52. The second-order valence-corrected chi connectivity index (χ2v) is 8.39. The third kappa shape index (κ3) is 14.2. The number of carboxylic acid groups (broad SMARTS) is 1. The van der Waals surface area contributed by atoms with Crippen LogP contribution in [0.2, 0.25) is 0 Å². The minimum absolute atomic E-state index is 0.239. The van der Waals surface area contributed by atoms with Crippen molar-refractivity contribution in [1.82, 2.24) is 21.3 Å². The molecule has 2 atom stereocenters. The van der Waals surface area contributed by atoms with E-state index in [2.05, 4.69) is 10.6 Å². The first-order valence-electron chi connectivity index (χ1n) is 10.5. The van der Waals surface area contributed by atoms with Gasteiger partial charge in [0.15, 0.2) is 0 Å². The lowest BCUT2D eigenvalue weighted by molar-refractivity contribution is -0.173. The van der Waals surface area contributed by atoms with Crippen molar-refractivity contribution in [2.45, 2.75) is 76.5 Å². The zero-order chi connectivity index (χ0) is 28.3. The van der Waals surface area contributed by atoms with Crippen LogP contribution in [-0.4, -0.2) is 78.0 Å². The molecule has 0 heterocycles. The summed E-state index contributed by atoms with van der Waals surface area (Å²) in [4.78, 5) is 57.7. The number of nitrogens with one attached hydrogen (secondary N) is 4. The van der Waals surface area contributed by atoms with Crippen LogP contribution in [0.4, 0.5) is 31.1 Å². The van der Waals surface area contributed by atoms with Crippen LogP contribution < -0.4 is 21.3 Å². The second kappa shape index (κ2) is 13.7. The number of halogens is 6. The Bertz CT molecular complexity index is 797.